The molecule has 0 aliphatic heterocycles. The van der Waals surface area contributed by atoms with Crippen molar-refractivity contribution in [3.8, 4) is 5.75 Å². The lowest BCUT2D eigenvalue weighted by Crippen LogP contribution is -2.25. The fourth-order valence-electron chi connectivity index (χ4n) is 2.66. The molecule has 2 unspecified atom stereocenters. The summed E-state index contributed by atoms with van der Waals surface area (Å²) in [5.74, 6) is 1.21. The fourth-order valence-corrected chi connectivity index (χ4v) is 2.78. The summed E-state index contributed by atoms with van der Waals surface area (Å²) in [6, 6.07) is 13.3. The summed E-state index contributed by atoms with van der Waals surface area (Å²) in [6.07, 6.45) is 0.357. The van der Waals surface area contributed by atoms with Crippen molar-refractivity contribution in [1.29, 1.82) is 0 Å². The number of hydrogen-bond donors (Lipinski definition) is 3. The van der Waals surface area contributed by atoms with E-state index in [0.717, 1.165) is 24.3 Å². The van der Waals surface area contributed by atoms with E-state index in [2.05, 4.69) is 25.2 Å². The van der Waals surface area contributed by atoms with Crippen molar-refractivity contribution in [2.75, 3.05) is 25.4 Å². The van der Waals surface area contributed by atoms with Crippen LogP contribution >= 0.6 is 11.6 Å². The van der Waals surface area contributed by atoms with Crippen LogP contribution in [0, 0.1) is 0 Å². The summed E-state index contributed by atoms with van der Waals surface area (Å²) in [7, 11) is 0. The van der Waals surface area contributed by atoms with Crippen LogP contribution in [0.5, 0.6) is 5.75 Å². The minimum Gasteiger partial charge on any atom is -0.493 e. The number of hydrogen-bond acceptors (Lipinski definition) is 4. The zero-order valence-electron chi connectivity index (χ0n) is 14.8. The Kier molecular flexibility index (Phi) is 7.56. The number of halogens is 1. The van der Waals surface area contributed by atoms with Crippen LogP contribution in [0.2, 0.25) is 5.02 Å². The molecule has 0 aliphatic carbocycles. The Hall–Kier alpha value is -1.75. The van der Waals surface area contributed by atoms with E-state index in [9.17, 15) is 5.11 Å². The summed E-state index contributed by atoms with van der Waals surface area (Å²) < 4.78 is 5.83. The first-order valence-electron chi connectivity index (χ1n) is 8.68. The van der Waals surface area contributed by atoms with Gasteiger partial charge in [-0.25, -0.2) is 0 Å². The van der Waals surface area contributed by atoms with Crippen molar-refractivity contribution in [2.24, 2.45) is 0 Å². The summed E-state index contributed by atoms with van der Waals surface area (Å²) in [6.45, 7) is 6.15. The van der Waals surface area contributed by atoms with Gasteiger partial charge in [-0.1, -0.05) is 49.7 Å². The highest BCUT2D eigenvalue weighted by atomic mass is 35.5. The average molecular weight is 363 g/mol. The van der Waals surface area contributed by atoms with Crippen molar-refractivity contribution < 1.29 is 9.84 Å². The predicted octanol–water partition coefficient (Wildman–Crippen LogP) is 4.14. The Morgan fingerprint density at radius 3 is 2.68 bits per heavy atom. The molecule has 136 valence electrons. The molecular weight excluding hydrogens is 336 g/mol. The summed E-state index contributed by atoms with van der Waals surface area (Å²) in [5.41, 5.74) is 8.20. The first-order valence-corrected chi connectivity index (χ1v) is 9.06. The topological polar surface area (TPSA) is 67.5 Å². The van der Waals surface area contributed by atoms with Crippen LogP contribution in [-0.4, -0.2) is 24.8 Å². The van der Waals surface area contributed by atoms with Gasteiger partial charge in [0.1, 0.15) is 5.75 Å². The van der Waals surface area contributed by atoms with E-state index in [1.807, 2.05) is 18.2 Å². The van der Waals surface area contributed by atoms with Crippen molar-refractivity contribution in [3.05, 3.63) is 58.6 Å². The number of nitrogens with one attached hydrogen (secondary N) is 1. The van der Waals surface area contributed by atoms with Gasteiger partial charge in [0, 0.05) is 13.1 Å². The van der Waals surface area contributed by atoms with E-state index in [1.165, 1.54) is 5.56 Å². The van der Waals surface area contributed by atoms with Gasteiger partial charge < -0.3 is 20.9 Å². The normalized spacial score (nSPS) is 13.4. The highest BCUT2D eigenvalue weighted by Crippen LogP contribution is 2.26. The molecule has 0 aliphatic rings. The van der Waals surface area contributed by atoms with Gasteiger partial charge in [-0.15, -0.1) is 0 Å². The maximum atomic E-state index is 10.3. The zero-order chi connectivity index (χ0) is 18.2. The van der Waals surface area contributed by atoms with Gasteiger partial charge in [0.25, 0.3) is 0 Å². The second-order valence-electron chi connectivity index (χ2n) is 6.24. The van der Waals surface area contributed by atoms with Crippen molar-refractivity contribution in [2.45, 2.75) is 32.3 Å². The van der Waals surface area contributed by atoms with Crippen LogP contribution in [0.25, 0.3) is 0 Å². The summed E-state index contributed by atoms with van der Waals surface area (Å²) >= 11 is 5.92. The number of benzene rings is 2. The maximum absolute atomic E-state index is 10.3. The third kappa shape index (κ3) is 5.63. The lowest BCUT2D eigenvalue weighted by molar-refractivity contribution is 0.174. The molecule has 0 saturated heterocycles. The standard InChI is InChI=1S/C20H27ClN2O2/c1-3-10-25-20-7-5-4-6-16(20)14(2)12-23-13-19(24)15-8-9-17(21)18(22)11-15/h4-9,11,14,19,23-24H,3,10,12-13,22H2,1-2H3. The first-order chi connectivity index (χ1) is 12.0. The number of rotatable bonds is 9. The van der Waals surface area contributed by atoms with Gasteiger partial charge in [-0.2, -0.15) is 0 Å². The zero-order valence-corrected chi connectivity index (χ0v) is 15.6. The van der Waals surface area contributed by atoms with E-state index in [1.54, 1.807) is 18.2 Å². The maximum Gasteiger partial charge on any atom is 0.122 e. The number of ether oxygens (including phenoxy) is 1. The molecule has 0 aromatic heterocycles. The van der Waals surface area contributed by atoms with Crippen molar-refractivity contribution in [3.63, 3.8) is 0 Å². The average Bonchev–Trinajstić information content (AvgIpc) is 2.62. The Balaban J connectivity index is 1.89. The SMILES string of the molecule is CCCOc1ccccc1C(C)CNCC(O)c1ccc(Cl)c(N)c1. The fraction of sp³-hybridized carbons (Fsp3) is 0.400. The first kappa shape index (κ1) is 19.6. The Morgan fingerprint density at radius 1 is 1.20 bits per heavy atom. The predicted molar refractivity (Wildman–Crippen MR) is 104 cm³/mol. The minimum absolute atomic E-state index is 0.274. The molecule has 0 heterocycles. The lowest BCUT2D eigenvalue weighted by Gasteiger charge is -2.19. The second-order valence-corrected chi connectivity index (χ2v) is 6.65. The molecule has 0 saturated carbocycles. The Labute approximate surface area is 155 Å². The molecular formula is C20H27ClN2O2. The molecule has 0 radical (unpaired) electrons. The number of anilines is 1. The molecule has 25 heavy (non-hydrogen) atoms. The van der Waals surface area contributed by atoms with Crippen molar-refractivity contribution in [1.82, 2.24) is 5.32 Å². The number of nitrogen functional groups attached to an aromatic ring is 1. The quantitative estimate of drug-likeness (QED) is 0.586. The van der Waals surface area contributed by atoms with Gasteiger partial charge in [-0.05, 0) is 41.7 Å². The molecule has 0 amide bonds. The van der Waals surface area contributed by atoms with E-state index >= 15 is 0 Å². The van der Waals surface area contributed by atoms with Gasteiger partial charge in [0.05, 0.1) is 23.4 Å². The Bertz CT molecular complexity index is 678. The molecule has 2 atom stereocenters. The largest absolute Gasteiger partial charge is 0.493 e. The van der Waals surface area contributed by atoms with Crippen LogP contribution in [0.4, 0.5) is 5.69 Å². The molecule has 5 heteroatoms. The van der Waals surface area contributed by atoms with Crippen LogP contribution in [0.1, 0.15) is 43.4 Å². The van der Waals surface area contributed by atoms with Gasteiger partial charge >= 0.3 is 0 Å². The van der Waals surface area contributed by atoms with Gasteiger partial charge in [-0.3, -0.25) is 0 Å². The number of aliphatic hydroxyl groups is 1. The van der Waals surface area contributed by atoms with Gasteiger partial charge in [0.15, 0.2) is 0 Å². The van der Waals surface area contributed by atoms with E-state index in [0.29, 0.717) is 23.9 Å². The van der Waals surface area contributed by atoms with Crippen molar-refractivity contribution >= 4 is 17.3 Å². The molecule has 4 N–H and O–H groups in total. The lowest BCUT2D eigenvalue weighted by atomic mass is 10.00. The smallest absolute Gasteiger partial charge is 0.122 e. The Morgan fingerprint density at radius 2 is 1.96 bits per heavy atom. The van der Waals surface area contributed by atoms with E-state index in [-0.39, 0.29) is 5.92 Å². The number of nitrogens with two attached hydrogens (primary N) is 1. The molecule has 0 spiro atoms. The molecule has 0 bridgehead atoms. The third-order valence-corrected chi connectivity index (χ3v) is 4.45. The second kappa shape index (κ2) is 9.66. The van der Waals surface area contributed by atoms with Gasteiger partial charge in [0.2, 0.25) is 0 Å². The van der Waals surface area contributed by atoms with E-state index in [4.69, 9.17) is 22.1 Å². The number of aliphatic hydroxyl groups excluding tert-OH is 1. The molecule has 0 fully saturated rings. The molecule has 4 nitrogen and oxygen atoms in total. The molecule has 2 aromatic carbocycles. The van der Waals surface area contributed by atoms with Crippen LogP contribution in [0.15, 0.2) is 42.5 Å². The van der Waals surface area contributed by atoms with Crippen LogP contribution in [0.3, 0.4) is 0 Å². The highest BCUT2D eigenvalue weighted by Gasteiger charge is 2.13. The highest BCUT2D eigenvalue weighted by molar-refractivity contribution is 6.33. The third-order valence-electron chi connectivity index (χ3n) is 4.10. The van der Waals surface area contributed by atoms with Crippen LogP contribution in [-0.2, 0) is 0 Å². The minimum atomic E-state index is -0.627. The monoisotopic (exact) mass is 362 g/mol. The van der Waals surface area contributed by atoms with Crippen LogP contribution < -0.4 is 15.8 Å². The van der Waals surface area contributed by atoms with E-state index < -0.39 is 6.10 Å². The summed E-state index contributed by atoms with van der Waals surface area (Å²) in [5, 5.41) is 14.1. The number of para-hydroxylation sites is 1. The molecule has 2 aromatic rings. The summed E-state index contributed by atoms with van der Waals surface area (Å²) in [4.78, 5) is 0. The molecule has 2 rings (SSSR count).